The van der Waals surface area contributed by atoms with Crippen LogP contribution in [0, 0.1) is 0 Å². The first-order valence-electron chi connectivity index (χ1n) is 12.4. The Morgan fingerprint density at radius 2 is 1.84 bits per heavy atom. The molecule has 0 saturated carbocycles. The Morgan fingerprint density at radius 3 is 2.59 bits per heavy atom. The van der Waals surface area contributed by atoms with Gasteiger partial charge >= 0.3 is 5.97 Å². The highest BCUT2D eigenvalue weighted by molar-refractivity contribution is 6.32. The number of halogens is 3. The Morgan fingerprint density at radius 1 is 1.03 bits per heavy atom. The number of likely N-dealkylation sites (tertiary alicyclic amines) is 1. The minimum atomic E-state index is -0.921. The first-order valence-corrected chi connectivity index (χ1v) is 12.8. The third-order valence-electron chi connectivity index (χ3n) is 6.95. The second-order valence-electron chi connectivity index (χ2n) is 9.43. The van der Waals surface area contributed by atoms with Crippen molar-refractivity contribution in [2.75, 3.05) is 26.3 Å². The fraction of sp³-hybridized carbons (Fsp3) is 0.300. The molecule has 1 fully saturated rings. The van der Waals surface area contributed by atoms with Gasteiger partial charge in [-0.1, -0.05) is 48.0 Å². The molecule has 1 aliphatic carbocycles. The van der Waals surface area contributed by atoms with Crippen LogP contribution < -0.4 is 4.74 Å². The van der Waals surface area contributed by atoms with Crippen LogP contribution in [0.1, 0.15) is 51.9 Å². The number of alkyl halides is 1. The first-order chi connectivity index (χ1) is 17.5. The van der Waals surface area contributed by atoms with Gasteiger partial charge < -0.3 is 9.84 Å². The summed E-state index contributed by atoms with van der Waals surface area (Å²) >= 11 is 6.67. The minimum Gasteiger partial charge on any atom is -0.488 e. The van der Waals surface area contributed by atoms with Crippen molar-refractivity contribution in [2.45, 2.75) is 31.8 Å². The number of aryl methyl sites for hydroxylation is 1. The highest BCUT2D eigenvalue weighted by Crippen LogP contribution is 2.42. The molecule has 0 atom stereocenters. The number of nitrogens with zero attached hydrogens (tertiary/aromatic N) is 1. The van der Waals surface area contributed by atoms with Crippen LogP contribution in [0.3, 0.4) is 0 Å². The van der Waals surface area contributed by atoms with Crippen LogP contribution in [0.25, 0.3) is 11.1 Å². The van der Waals surface area contributed by atoms with Crippen molar-refractivity contribution in [3.63, 3.8) is 0 Å². The van der Waals surface area contributed by atoms with Crippen molar-refractivity contribution in [1.82, 2.24) is 4.90 Å². The highest BCUT2D eigenvalue weighted by Gasteiger charge is 2.28. The predicted molar refractivity (Wildman–Crippen MR) is 149 cm³/mol. The van der Waals surface area contributed by atoms with Crippen LogP contribution >= 0.6 is 24.0 Å². The lowest BCUT2D eigenvalue weighted by atomic mass is 9.87. The van der Waals surface area contributed by atoms with Gasteiger partial charge in [-0.25, -0.2) is 4.79 Å². The van der Waals surface area contributed by atoms with Crippen LogP contribution in [0.4, 0.5) is 4.39 Å². The molecule has 1 saturated heterocycles. The molecular formula is C30H30Cl2FNO3. The maximum absolute atomic E-state index is 12.5. The molecule has 2 aliphatic rings. The Labute approximate surface area is 228 Å². The number of ether oxygens (including phenoxy) is 1. The van der Waals surface area contributed by atoms with Crippen LogP contribution in [0.5, 0.6) is 5.75 Å². The van der Waals surface area contributed by atoms with E-state index in [-0.39, 0.29) is 25.2 Å². The summed E-state index contributed by atoms with van der Waals surface area (Å²) in [4.78, 5) is 13.9. The van der Waals surface area contributed by atoms with E-state index in [4.69, 9.17) is 16.3 Å². The van der Waals surface area contributed by atoms with E-state index in [1.807, 2.05) is 36.4 Å². The summed E-state index contributed by atoms with van der Waals surface area (Å²) in [6, 6.07) is 21.4. The number of benzene rings is 3. The standard InChI is InChI=1S/C30H29ClFNO3.ClH/c31-28-11-2-1-9-26(28)27-10-4-6-20-16-22(30(34)35)12-13-25(20)29(27)21-7-3-8-23(17-21)36-24-18-33(19-24)15-5-14-32;/h1-3,7-9,11-13,16-17,24H,4-6,10,14-15,18-19H2,(H,34,35);1H. The zero-order valence-corrected chi connectivity index (χ0v) is 22.0. The normalized spacial score (nSPS) is 15.8. The molecule has 0 bridgehead atoms. The summed E-state index contributed by atoms with van der Waals surface area (Å²) < 4.78 is 18.7. The number of carboxylic acid groups (broad SMARTS) is 1. The Balaban J connectivity index is 0.00000320. The topological polar surface area (TPSA) is 49.8 Å². The van der Waals surface area contributed by atoms with Gasteiger partial charge in [-0.2, -0.15) is 0 Å². The van der Waals surface area contributed by atoms with Crippen molar-refractivity contribution < 1.29 is 19.0 Å². The van der Waals surface area contributed by atoms with Gasteiger partial charge in [0, 0.05) is 24.7 Å². The Hall–Kier alpha value is -2.86. The van der Waals surface area contributed by atoms with Gasteiger partial charge in [-0.3, -0.25) is 9.29 Å². The van der Waals surface area contributed by atoms with Crippen molar-refractivity contribution >= 4 is 41.1 Å². The number of hydrogen-bond acceptors (Lipinski definition) is 3. The van der Waals surface area contributed by atoms with Gasteiger partial charge in [-0.15, -0.1) is 12.4 Å². The highest BCUT2D eigenvalue weighted by atomic mass is 35.5. The first kappa shape index (κ1) is 27.2. The Bertz CT molecular complexity index is 1300. The molecule has 194 valence electrons. The van der Waals surface area contributed by atoms with E-state index in [0.717, 1.165) is 78.0 Å². The summed E-state index contributed by atoms with van der Waals surface area (Å²) in [5.41, 5.74) is 6.59. The van der Waals surface area contributed by atoms with E-state index >= 15 is 0 Å². The lowest BCUT2D eigenvalue weighted by Gasteiger charge is -2.38. The largest absolute Gasteiger partial charge is 0.488 e. The summed E-state index contributed by atoms with van der Waals surface area (Å²) in [5, 5.41) is 10.3. The molecule has 1 aliphatic heterocycles. The number of fused-ring (bicyclic) bond motifs is 1. The molecule has 3 aromatic carbocycles. The van der Waals surface area contributed by atoms with Gasteiger partial charge in [0.25, 0.3) is 0 Å². The molecule has 1 heterocycles. The molecule has 0 unspecified atom stereocenters. The van der Waals surface area contributed by atoms with Gasteiger partial charge in [0.1, 0.15) is 11.9 Å². The number of hydrogen-bond donors (Lipinski definition) is 1. The summed E-state index contributed by atoms with van der Waals surface area (Å²) in [5.74, 6) is -0.128. The van der Waals surface area contributed by atoms with E-state index in [9.17, 15) is 14.3 Å². The zero-order chi connectivity index (χ0) is 25.1. The molecule has 3 aromatic rings. The van der Waals surface area contributed by atoms with Gasteiger partial charge in [0.15, 0.2) is 0 Å². The molecule has 4 nitrogen and oxygen atoms in total. The van der Waals surface area contributed by atoms with E-state index in [2.05, 4.69) is 23.1 Å². The number of rotatable bonds is 8. The Kier molecular flexibility index (Phi) is 8.91. The van der Waals surface area contributed by atoms with E-state index in [1.165, 1.54) is 0 Å². The van der Waals surface area contributed by atoms with Gasteiger partial charge in [-0.05, 0) is 89.4 Å². The summed E-state index contributed by atoms with van der Waals surface area (Å²) in [6.45, 7) is 2.08. The predicted octanol–water partition coefficient (Wildman–Crippen LogP) is 7.18. The summed E-state index contributed by atoms with van der Waals surface area (Å²) in [6.07, 6.45) is 3.17. The van der Waals surface area contributed by atoms with Crippen LogP contribution in [-0.2, 0) is 6.42 Å². The van der Waals surface area contributed by atoms with Gasteiger partial charge in [0.05, 0.1) is 12.2 Å². The lowest BCUT2D eigenvalue weighted by molar-refractivity contribution is 0.0184. The molecule has 0 spiro atoms. The van der Waals surface area contributed by atoms with Crippen LogP contribution in [0.15, 0.2) is 66.7 Å². The van der Waals surface area contributed by atoms with Crippen molar-refractivity contribution in [3.8, 4) is 5.75 Å². The maximum Gasteiger partial charge on any atom is 0.335 e. The number of carbonyl (C=O) groups is 1. The molecular weight excluding hydrogens is 512 g/mol. The van der Waals surface area contributed by atoms with Gasteiger partial charge in [0.2, 0.25) is 0 Å². The summed E-state index contributed by atoms with van der Waals surface area (Å²) in [7, 11) is 0. The zero-order valence-electron chi connectivity index (χ0n) is 20.5. The second-order valence-corrected chi connectivity index (χ2v) is 9.84. The average Bonchev–Trinajstić information content (AvgIpc) is 3.04. The fourth-order valence-electron chi connectivity index (χ4n) is 5.21. The molecule has 7 heteroatoms. The van der Waals surface area contributed by atoms with E-state index in [0.29, 0.717) is 17.0 Å². The van der Waals surface area contributed by atoms with E-state index < -0.39 is 5.97 Å². The van der Waals surface area contributed by atoms with Crippen molar-refractivity contribution in [1.29, 1.82) is 0 Å². The molecule has 37 heavy (non-hydrogen) atoms. The number of allylic oxidation sites excluding steroid dienone is 1. The number of aromatic carboxylic acids is 1. The molecule has 0 amide bonds. The van der Waals surface area contributed by atoms with E-state index in [1.54, 1.807) is 12.1 Å². The third-order valence-corrected chi connectivity index (χ3v) is 7.28. The minimum absolute atomic E-state index is 0. The lowest BCUT2D eigenvalue weighted by Crippen LogP contribution is -2.53. The van der Waals surface area contributed by atoms with Crippen LogP contribution in [0.2, 0.25) is 5.02 Å². The molecule has 0 radical (unpaired) electrons. The quantitative estimate of drug-likeness (QED) is 0.328. The monoisotopic (exact) mass is 541 g/mol. The second kappa shape index (κ2) is 12.1. The average molecular weight is 542 g/mol. The molecule has 0 aromatic heterocycles. The van der Waals surface area contributed by atoms with Crippen LogP contribution in [-0.4, -0.2) is 48.4 Å². The maximum atomic E-state index is 12.5. The smallest absolute Gasteiger partial charge is 0.335 e. The fourth-order valence-corrected chi connectivity index (χ4v) is 5.46. The molecule has 5 rings (SSSR count). The van der Waals surface area contributed by atoms with Crippen molar-refractivity contribution in [3.05, 3.63) is 99.6 Å². The van der Waals surface area contributed by atoms with Crippen molar-refractivity contribution in [2.24, 2.45) is 0 Å². The molecule has 1 N–H and O–H groups in total. The SMILES string of the molecule is Cl.O=C(O)c1ccc2c(c1)CCCC(c1ccccc1Cl)=C2c1cccc(OC2CN(CCCF)C2)c1. The third kappa shape index (κ3) is 6.01. The number of carboxylic acids is 1.